The van der Waals surface area contributed by atoms with Gasteiger partial charge in [0.05, 0.1) is 18.9 Å². The van der Waals surface area contributed by atoms with Crippen LogP contribution in [-0.2, 0) is 16.6 Å². The fourth-order valence-corrected chi connectivity index (χ4v) is 5.05. The summed E-state index contributed by atoms with van der Waals surface area (Å²) in [5, 5.41) is 0. The topological polar surface area (TPSA) is 91.4 Å². The Hall–Kier alpha value is -2.74. The van der Waals surface area contributed by atoms with Gasteiger partial charge >= 0.3 is 0 Å². The molecule has 0 unspecified atom stereocenters. The Labute approximate surface area is 175 Å². The van der Waals surface area contributed by atoms with E-state index in [-0.39, 0.29) is 16.9 Å². The van der Waals surface area contributed by atoms with Gasteiger partial charge in [-0.3, -0.25) is 19.6 Å². The number of hydrogen-bond acceptors (Lipinski definition) is 6. The smallest absolute Gasteiger partial charge is 0.272 e. The number of hydrogen-bond donors (Lipinski definition) is 1. The lowest BCUT2D eigenvalue weighted by Crippen LogP contribution is -2.45. The van der Waals surface area contributed by atoms with Crippen molar-refractivity contribution in [2.45, 2.75) is 38.0 Å². The highest BCUT2D eigenvalue weighted by atomic mass is 16.5. The van der Waals surface area contributed by atoms with Crippen molar-refractivity contribution in [3.8, 4) is 0 Å². The van der Waals surface area contributed by atoms with Gasteiger partial charge < -0.3 is 14.5 Å². The number of aryl methyl sites for hydroxylation is 1. The van der Waals surface area contributed by atoms with Crippen LogP contribution in [0.5, 0.6) is 0 Å². The number of ether oxygens (including phenoxy) is 1. The van der Waals surface area contributed by atoms with Crippen LogP contribution in [0.25, 0.3) is 0 Å². The molecule has 1 spiro atoms. The SMILES string of the molecule is Cc1cccnc1C(=O)N1CCC2(CCc3c2nc(N2CCOCC2)[nH]c3=O)CC1. The van der Waals surface area contributed by atoms with E-state index in [0.717, 1.165) is 55.6 Å². The van der Waals surface area contributed by atoms with E-state index < -0.39 is 0 Å². The first kappa shape index (κ1) is 19.2. The van der Waals surface area contributed by atoms with Gasteiger partial charge in [-0.1, -0.05) is 6.07 Å². The first-order chi connectivity index (χ1) is 14.6. The van der Waals surface area contributed by atoms with Crippen LogP contribution in [0.1, 0.15) is 46.6 Å². The van der Waals surface area contributed by atoms with Crippen LogP contribution in [0.4, 0.5) is 5.95 Å². The molecule has 8 heteroatoms. The van der Waals surface area contributed by atoms with Gasteiger partial charge in [-0.25, -0.2) is 4.98 Å². The van der Waals surface area contributed by atoms with E-state index in [9.17, 15) is 9.59 Å². The Kier molecular flexibility index (Phi) is 4.81. The van der Waals surface area contributed by atoms with Gasteiger partial charge in [0.25, 0.3) is 11.5 Å². The number of anilines is 1. The number of carbonyl (C=O) groups excluding carboxylic acids is 1. The maximum atomic E-state index is 13.0. The summed E-state index contributed by atoms with van der Waals surface area (Å²) < 4.78 is 5.43. The number of H-pyrrole nitrogens is 1. The zero-order valence-corrected chi connectivity index (χ0v) is 17.3. The van der Waals surface area contributed by atoms with E-state index in [1.807, 2.05) is 24.0 Å². The molecule has 8 nitrogen and oxygen atoms in total. The Balaban J connectivity index is 1.38. The second-order valence-corrected chi connectivity index (χ2v) is 8.56. The number of piperidine rings is 1. The minimum absolute atomic E-state index is 0.00551. The third-order valence-electron chi connectivity index (χ3n) is 6.89. The van der Waals surface area contributed by atoms with Crippen molar-refractivity contribution in [2.24, 2.45) is 0 Å². The summed E-state index contributed by atoms with van der Waals surface area (Å²) in [6, 6.07) is 3.77. The number of rotatable bonds is 2. The summed E-state index contributed by atoms with van der Waals surface area (Å²) in [5.41, 5.74) is 3.09. The molecule has 2 saturated heterocycles. The predicted molar refractivity (Wildman–Crippen MR) is 112 cm³/mol. The highest BCUT2D eigenvalue weighted by Crippen LogP contribution is 2.44. The predicted octanol–water partition coefficient (Wildman–Crippen LogP) is 1.43. The standard InChI is InChI=1S/C22H27N5O3/c1-15-3-2-8-23-17(15)20(29)26-9-6-22(7-10-26)5-4-16-18(22)24-21(25-19(16)28)27-11-13-30-14-12-27/h2-3,8H,4-7,9-14H2,1H3,(H,24,25,28). The highest BCUT2D eigenvalue weighted by molar-refractivity contribution is 5.93. The first-order valence-electron chi connectivity index (χ1n) is 10.7. The zero-order valence-electron chi connectivity index (χ0n) is 17.3. The quantitative estimate of drug-likeness (QED) is 0.807. The lowest BCUT2D eigenvalue weighted by Gasteiger charge is -2.39. The number of amides is 1. The van der Waals surface area contributed by atoms with Crippen LogP contribution >= 0.6 is 0 Å². The van der Waals surface area contributed by atoms with Crippen molar-refractivity contribution in [2.75, 3.05) is 44.3 Å². The van der Waals surface area contributed by atoms with E-state index >= 15 is 0 Å². The molecular weight excluding hydrogens is 382 g/mol. The number of nitrogens with zero attached hydrogens (tertiary/aromatic N) is 4. The van der Waals surface area contributed by atoms with Crippen LogP contribution in [0.3, 0.4) is 0 Å². The van der Waals surface area contributed by atoms with E-state index in [0.29, 0.717) is 37.9 Å². The average Bonchev–Trinajstić information content (AvgIpc) is 3.13. The fraction of sp³-hybridized carbons (Fsp3) is 0.545. The number of pyridine rings is 1. The fourth-order valence-electron chi connectivity index (χ4n) is 5.05. The summed E-state index contributed by atoms with van der Waals surface area (Å²) in [6.07, 6.45) is 5.01. The van der Waals surface area contributed by atoms with Crippen LogP contribution < -0.4 is 10.5 Å². The summed E-state index contributed by atoms with van der Waals surface area (Å²) in [6.45, 7) is 6.01. The molecule has 1 amide bonds. The molecule has 2 aromatic rings. The Morgan fingerprint density at radius 3 is 2.67 bits per heavy atom. The summed E-state index contributed by atoms with van der Waals surface area (Å²) in [7, 11) is 0. The molecule has 30 heavy (non-hydrogen) atoms. The molecule has 1 aliphatic carbocycles. The molecule has 158 valence electrons. The molecule has 0 saturated carbocycles. The first-order valence-corrected chi connectivity index (χ1v) is 10.7. The molecule has 2 aromatic heterocycles. The van der Waals surface area contributed by atoms with Crippen molar-refractivity contribution in [1.29, 1.82) is 0 Å². The molecule has 3 aliphatic rings. The molecule has 4 heterocycles. The zero-order chi connectivity index (χ0) is 20.7. The van der Waals surface area contributed by atoms with E-state index in [2.05, 4.69) is 14.9 Å². The molecular formula is C22H27N5O3. The monoisotopic (exact) mass is 409 g/mol. The second-order valence-electron chi connectivity index (χ2n) is 8.56. The third kappa shape index (κ3) is 3.19. The maximum Gasteiger partial charge on any atom is 0.272 e. The van der Waals surface area contributed by atoms with Crippen molar-refractivity contribution in [3.63, 3.8) is 0 Å². The van der Waals surface area contributed by atoms with Gasteiger partial charge in [0.15, 0.2) is 0 Å². The number of nitrogens with one attached hydrogen (secondary N) is 1. The number of morpholine rings is 1. The maximum absolute atomic E-state index is 13.0. The molecule has 2 fully saturated rings. The summed E-state index contributed by atoms with van der Waals surface area (Å²) in [4.78, 5) is 42.0. The largest absolute Gasteiger partial charge is 0.378 e. The average molecular weight is 409 g/mol. The number of fused-ring (bicyclic) bond motifs is 2. The number of aromatic amines is 1. The molecule has 2 aliphatic heterocycles. The van der Waals surface area contributed by atoms with Crippen molar-refractivity contribution in [3.05, 3.63) is 51.2 Å². The van der Waals surface area contributed by atoms with Crippen molar-refractivity contribution in [1.82, 2.24) is 19.9 Å². The second kappa shape index (κ2) is 7.50. The lowest BCUT2D eigenvalue weighted by molar-refractivity contribution is 0.0657. The Bertz CT molecular complexity index is 1020. The van der Waals surface area contributed by atoms with E-state index in [4.69, 9.17) is 9.72 Å². The van der Waals surface area contributed by atoms with Gasteiger partial charge in [-0.2, -0.15) is 0 Å². The number of carbonyl (C=O) groups is 1. The minimum Gasteiger partial charge on any atom is -0.378 e. The van der Waals surface area contributed by atoms with Crippen molar-refractivity contribution >= 4 is 11.9 Å². The number of aromatic nitrogens is 3. The Morgan fingerprint density at radius 2 is 1.93 bits per heavy atom. The minimum atomic E-state index is -0.111. The van der Waals surface area contributed by atoms with E-state index in [1.54, 1.807) is 6.20 Å². The summed E-state index contributed by atoms with van der Waals surface area (Å²) in [5.74, 6) is 0.653. The van der Waals surface area contributed by atoms with Gasteiger partial charge in [0.2, 0.25) is 5.95 Å². The molecule has 1 N–H and O–H groups in total. The van der Waals surface area contributed by atoms with Crippen LogP contribution in [0, 0.1) is 6.92 Å². The summed E-state index contributed by atoms with van der Waals surface area (Å²) >= 11 is 0. The normalized spacial score (nSPS) is 20.4. The van der Waals surface area contributed by atoms with Gasteiger partial charge in [-0.15, -0.1) is 0 Å². The lowest BCUT2D eigenvalue weighted by atomic mass is 9.76. The van der Waals surface area contributed by atoms with E-state index in [1.165, 1.54) is 0 Å². The molecule has 5 rings (SSSR count). The molecule has 0 atom stereocenters. The van der Waals surface area contributed by atoms with Crippen LogP contribution in [0.2, 0.25) is 0 Å². The van der Waals surface area contributed by atoms with Crippen LogP contribution in [0.15, 0.2) is 23.1 Å². The van der Waals surface area contributed by atoms with Gasteiger partial charge in [0.1, 0.15) is 5.69 Å². The Morgan fingerprint density at radius 1 is 1.17 bits per heavy atom. The molecule has 0 radical (unpaired) electrons. The highest BCUT2D eigenvalue weighted by Gasteiger charge is 2.45. The van der Waals surface area contributed by atoms with Gasteiger partial charge in [0, 0.05) is 43.4 Å². The molecule has 0 bridgehead atoms. The van der Waals surface area contributed by atoms with Crippen molar-refractivity contribution < 1.29 is 9.53 Å². The number of likely N-dealkylation sites (tertiary alicyclic amines) is 1. The third-order valence-corrected chi connectivity index (χ3v) is 6.89. The molecule has 0 aromatic carbocycles. The van der Waals surface area contributed by atoms with Crippen LogP contribution in [-0.4, -0.2) is 65.2 Å². The van der Waals surface area contributed by atoms with Gasteiger partial charge in [-0.05, 0) is 44.2 Å².